The Bertz CT molecular complexity index is 855. The molecule has 4 nitrogen and oxygen atoms in total. The van der Waals surface area contributed by atoms with Gasteiger partial charge in [0.15, 0.2) is 6.29 Å². The van der Waals surface area contributed by atoms with Crippen LogP contribution in [-0.2, 0) is 0 Å². The third-order valence-electron chi connectivity index (χ3n) is 3.46. The molecule has 1 aromatic heterocycles. The number of nitrogens with zero attached hydrogens (tertiary/aromatic N) is 1. The largest absolute Gasteiger partial charge is 0.497 e. The molecule has 1 heterocycles. The summed E-state index contributed by atoms with van der Waals surface area (Å²) in [7, 11) is 1.61. The van der Waals surface area contributed by atoms with Gasteiger partial charge in [-0.05, 0) is 48.0 Å². The molecule has 0 amide bonds. The van der Waals surface area contributed by atoms with Crippen molar-refractivity contribution in [2.24, 2.45) is 0 Å². The number of nitrogens with one attached hydrogen (secondary N) is 1. The molecule has 0 aliphatic heterocycles. The number of carbonyl (C=O) groups is 1. The molecule has 102 valence electrons. The van der Waals surface area contributed by atoms with Crippen molar-refractivity contribution >= 4 is 17.2 Å². The molecule has 0 spiro atoms. The molecule has 4 heteroatoms. The van der Waals surface area contributed by atoms with E-state index in [1.807, 2.05) is 30.3 Å². The lowest BCUT2D eigenvalue weighted by Crippen LogP contribution is -1.86. The minimum absolute atomic E-state index is 0.533. The molecule has 0 aliphatic carbocycles. The Morgan fingerprint density at radius 2 is 1.95 bits per heavy atom. The zero-order valence-corrected chi connectivity index (χ0v) is 11.4. The molecule has 0 saturated heterocycles. The monoisotopic (exact) mass is 276 g/mol. The van der Waals surface area contributed by atoms with E-state index < -0.39 is 0 Å². The summed E-state index contributed by atoms with van der Waals surface area (Å²) >= 11 is 0. The number of nitriles is 1. The van der Waals surface area contributed by atoms with Crippen LogP contribution >= 0.6 is 0 Å². The molecule has 21 heavy (non-hydrogen) atoms. The van der Waals surface area contributed by atoms with E-state index in [1.54, 1.807) is 19.2 Å². The summed E-state index contributed by atoms with van der Waals surface area (Å²) in [5.74, 6) is 0.759. The van der Waals surface area contributed by atoms with Gasteiger partial charge in [-0.1, -0.05) is 0 Å². The number of carbonyl (C=O) groups excluding carboxylic acids is 1. The zero-order chi connectivity index (χ0) is 14.8. The second-order valence-electron chi connectivity index (χ2n) is 4.63. The van der Waals surface area contributed by atoms with E-state index in [0.717, 1.165) is 34.2 Å². The molecule has 0 aliphatic rings. The Hall–Kier alpha value is -3.06. The topological polar surface area (TPSA) is 65.9 Å². The first-order chi connectivity index (χ1) is 10.3. The van der Waals surface area contributed by atoms with E-state index in [2.05, 4.69) is 11.1 Å². The van der Waals surface area contributed by atoms with Crippen LogP contribution in [0.2, 0.25) is 0 Å². The standard InChI is InChI=1S/C17H12N2O2/c1-21-13-5-3-12(4-6-13)17-15(10-20)14-8-11(9-18)2-7-16(14)19-17/h2-8,10,19H,1H3. The van der Waals surface area contributed by atoms with Crippen molar-refractivity contribution in [2.75, 3.05) is 7.11 Å². The fraction of sp³-hybridized carbons (Fsp3) is 0.0588. The number of ether oxygens (including phenoxy) is 1. The van der Waals surface area contributed by atoms with E-state index in [4.69, 9.17) is 10.00 Å². The lowest BCUT2D eigenvalue weighted by Gasteiger charge is -2.02. The molecule has 3 aromatic rings. The first-order valence-corrected chi connectivity index (χ1v) is 6.42. The summed E-state index contributed by atoms with van der Waals surface area (Å²) in [4.78, 5) is 14.7. The van der Waals surface area contributed by atoms with E-state index in [0.29, 0.717) is 11.1 Å². The zero-order valence-electron chi connectivity index (χ0n) is 11.4. The smallest absolute Gasteiger partial charge is 0.152 e. The van der Waals surface area contributed by atoms with Gasteiger partial charge in [0, 0.05) is 16.5 Å². The maximum atomic E-state index is 11.5. The predicted octanol–water partition coefficient (Wildman–Crippen LogP) is 3.53. The molecule has 0 saturated carbocycles. The summed E-state index contributed by atoms with van der Waals surface area (Å²) in [6.45, 7) is 0. The van der Waals surface area contributed by atoms with Gasteiger partial charge in [0.25, 0.3) is 0 Å². The van der Waals surface area contributed by atoms with Crippen LogP contribution in [0, 0.1) is 11.3 Å². The van der Waals surface area contributed by atoms with E-state index in [1.165, 1.54) is 0 Å². The second-order valence-corrected chi connectivity index (χ2v) is 4.63. The number of fused-ring (bicyclic) bond motifs is 1. The third kappa shape index (κ3) is 2.15. The first-order valence-electron chi connectivity index (χ1n) is 6.42. The van der Waals surface area contributed by atoms with E-state index in [9.17, 15) is 4.79 Å². The Kier molecular flexibility index (Phi) is 3.17. The highest BCUT2D eigenvalue weighted by Gasteiger charge is 2.13. The van der Waals surface area contributed by atoms with Crippen molar-refractivity contribution in [3.63, 3.8) is 0 Å². The Balaban J connectivity index is 2.22. The van der Waals surface area contributed by atoms with Crippen molar-refractivity contribution in [2.45, 2.75) is 0 Å². The highest BCUT2D eigenvalue weighted by Crippen LogP contribution is 2.30. The second kappa shape index (κ2) is 5.14. The summed E-state index contributed by atoms with van der Waals surface area (Å²) in [5.41, 5.74) is 3.57. The number of hydrogen-bond acceptors (Lipinski definition) is 3. The number of aromatic nitrogens is 1. The van der Waals surface area contributed by atoms with Crippen molar-refractivity contribution in [3.05, 3.63) is 53.6 Å². The van der Waals surface area contributed by atoms with E-state index >= 15 is 0 Å². The number of aromatic amines is 1. The van der Waals surface area contributed by atoms with Crippen LogP contribution in [0.5, 0.6) is 5.75 Å². The van der Waals surface area contributed by atoms with Crippen molar-refractivity contribution in [3.8, 4) is 23.1 Å². The highest BCUT2D eigenvalue weighted by molar-refractivity contribution is 6.04. The molecule has 0 unspecified atom stereocenters. The average Bonchev–Trinajstić information content (AvgIpc) is 2.92. The first kappa shape index (κ1) is 12.9. The van der Waals surface area contributed by atoms with Gasteiger partial charge in [-0.15, -0.1) is 0 Å². The molecule has 3 rings (SSSR count). The van der Waals surface area contributed by atoms with Crippen LogP contribution in [0.4, 0.5) is 0 Å². The van der Waals surface area contributed by atoms with Gasteiger partial charge in [0.1, 0.15) is 5.75 Å². The molecule has 0 fully saturated rings. The van der Waals surface area contributed by atoms with Gasteiger partial charge in [0.2, 0.25) is 0 Å². The van der Waals surface area contributed by atoms with Crippen molar-refractivity contribution in [1.82, 2.24) is 4.98 Å². The minimum Gasteiger partial charge on any atom is -0.497 e. The van der Waals surface area contributed by atoms with Gasteiger partial charge in [0.05, 0.1) is 24.4 Å². The van der Waals surface area contributed by atoms with Gasteiger partial charge in [-0.25, -0.2) is 0 Å². The number of rotatable bonds is 3. The summed E-state index contributed by atoms with van der Waals surface area (Å²) in [6.07, 6.45) is 0.819. The fourth-order valence-corrected chi connectivity index (χ4v) is 2.39. The number of hydrogen-bond donors (Lipinski definition) is 1. The average molecular weight is 276 g/mol. The Morgan fingerprint density at radius 3 is 2.57 bits per heavy atom. The molecule has 0 radical (unpaired) electrons. The number of H-pyrrole nitrogens is 1. The Labute approximate surface area is 121 Å². The number of aldehydes is 1. The molecule has 1 N–H and O–H groups in total. The third-order valence-corrected chi connectivity index (χ3v) is 3.46. The quantitative estimate of drug-likeness (QED) is 0.744. The highest BCUT2D eigenvalue weighted by atomic mass is 16.5. The molecule has 0 bridgehead atoms. The summed E-state index contributed by atoms with van der Waals surface area (Å²) < 4.78 is 5.14. The summed E-state index contributed by atoms with van der Waals surface area (Å²) in [6, 6.07) is 14.8. The fourth-order valence-electron chi connectivity index (χ4n) is 2.39. The lowest BCUT2D eigenvalue weighted by atomic mass is 10.0. The lowest BCUT2D eigenvalue weighted by molar-refractivity contribution is 0.112. The van der Waals surface area contributed by atoms with Crippen molar-refractivity contribution < 1.29 is 9.53 Å². The van der Waals surface area contributed by atoms with Gasteiger partial charge < -0.3 is 9.72 Å². The number of methoxy groups -OCH3 is 1. The van der Waals surface area contributed by atoms with Crippen LogP contribution in [0.25, 0.3) is 22.2 Å². The van der Waals surface area contributed by atoms with Crippen molar-refractivity contribution in [1.29, 1.82) is 5.26 Å². The van der Waals surface area contributed by atoms with Gasteiger partial charge >= 0.3 is 0 Å². The van der Waals surface area contributed by atoms with Gasteiger partial charge in [-0.2, -0.15) is 5.26 Å². The number of benzene rings is 2. The van der Waals surface area contributed by atoms with E-state index in [-0.39, 0.29) is 0 Å². The predicted molar refractivity (Wildman–Crippen MR) is 80.4 cm³/mol. The van der Waals surface area contributed by atoms with Crippen LogP contribution in [0.1, 0.15) is 15.9 Å². The van der Waals surface area contributed by atoms with Crippen LogP contribution in [0.3, 0.4) is 0 Å². The van der Waals surface area contributed by atoms with Gasteiger partial charge in [-0.3, -0.25) is 4.79 Å². The maximum absolute atomic E-state index is 11.5. The van der Waals surface area contributed by atoms with Crippen LogP contribution in [-0.4, -0.2) is 18.4 Å². The molecule has 2 aromatic carbocycles. The molecular weight excluding hydrogens is 264 g/mol. The molecule has 0 atom stereocenters. The maximum Gasteiger partial charge on any atom is 0.152 e. The van der Waals surface area contributed by atoms with Crippen LogP contribution in [0.15, 0.2) is 42.5 Å². The summed E-state index contributed by atoms with van der Waals surface area (Å²) in [5, 5.41) is 9.74. The SMILES string of the molecule is COc1ccc(-c2[nH]c3ccc(C#N)cc3c2C=O)cc1. The minimum atomic E-state index is 0.533. The Morgan fingerprint density at radius 1 is 1.19 bits per heavy atom. The normalized spacial score (nSPS) is 10.3. The van der Waals surface area contributed by atoms with Crippen LogP contribution < -0.4 is 4.74 Å². The molecular formula is C17H12N2O2.